The number of nitrogens with one attached hydrogen (secondary N) is 1. The average Bonchev–Trinajstić information content (AvgIpc) is 3.25. The molecule has 0 amide bonds. The van der Waals surface area contributed by atoms with Crippen LogP contribution in [0, 0.1) is 13.8 Å². The molecule has 0 aliphatic carbocycles. The van der Waals surface area contributed by atoms with Crippen LogP contribution in [0.4, 0.5) is 17.5 Å². The highest BCUT2D eigenvalue weighted by atomic mass is 16.5. The van der Waals surface area contributed by atoms with Gasteiger partial charge in [-0.25, -0.2) is 15.0 Å². The lowest BCUT2D eigenvalue weighted by Gasteiger charge is -2.19. The Bertz CT molecular complexity index is 1410. The van der Waals surface area contributed by atoms with Crippen LogP contribution in [-0.4, -0.2) is 37.2 Å². The topological polar surface area (TPSA) is 119 Å². The third-order valence-electron chi connectivity index (χ3n) is 5.16. The van der Waals surface area contributed by atoms with Crippen molar-refractivity contribution in [3.63, 3.8) is 0 Å². The van der Waals surface area contributed by atoms with E-state index in [1.54, 1.807) is 6.20 Å². The summed E-state index contributed by atoms with van der Waals surface area (Å²) in [5, 5.41) is 8.49. The van der Waals surface area contributed by atoms with Gasteiger partial charge in [-0.15, -0.1) is 0 Å². The molecule has 0 aliphatic rings. The number of aryl methyl sites for hydroxylation is 2. The first-order valence-electron chi connectivity index (χ1n) is 9.69. The van der Waals surface area contributed by atoms with Crippen molar-refractivity contribution in [1.82, 2.24) is 30.1 Å². The molecule has 0 spiro atoms. The van der Waals surface area contributed by atoms with Crippen molar-refractivity contribution in [1.29, 1.82) is 0 Å². The van der Waals surface area contributed by atoms with Crippen molar-refractivity contribution >= 4 is 39.3 Å². The lowest BCUT2D eigenvalue weighted by Crippen LogP contribution is -2.13. The van der Waals surface area contributed by atoms with E-state index >= 15 is 0 Å². The molecule has 0 atom stereocenters. The number of fused-ring (bicyclic) bond motifs is 2. The molecule has 9 heteroatoms. The van der Waals surface area contributed by atoms with Crippen molar-refractivity contribution < 1.29 is 4.74 Å². The Kier molecular flexibility index (Phi) is 4.36. The fourth-order valence-electron chi connectivity index (χ4n) is 3.41. The van der Waals surface area contributed by atoms with Crippen molar-refractivity contribution in [2.75, 3.05) is 17.7 Å². The summed E-state index contributed by atoms with van der Waals surface area (Å²) in [6, 6.07) is 9.70. The summed E-state index contributed by atoms with van der Waals surface area (Å²) in [7, 11) is 1.89. The molecular formula is C22H20N8O. The molecule has 3 N–H and O–H groups in total. The number of nitrogens with two attached hydrogens (primary N) is 1. The summed E-state index contributed by atoms with van der Waals surface area (Å²) in [6.07, 6.45) is 4.97. The van der Waals surface area contributed by atoms with Gasteiger partial charge in [-0.1, -0.05) is 12.1 Å². The predicted octanol–water partition coefficient (Wildman–Crippen LogP) is 4.06. The molecule has 1 aromatic carbocycles. The van der Waals surface area contributed by atoms with Crippen LogP contribution < -0.4 is 15.4 Å². The van der Waals surface area contributed by atoms with Crippen LogP contribution in [0.2, 0.25) is 0 Å². The van der Waals surface area contributed by atoms with E-state index in [4.69, 9.17) is 15.5 Å². The molecule has 0 unspecified atom stereocenters. The van der Waals surface area contributed by atoms with Gasteiger partial charge in [-0.2, -0.15) is 10.1 Å². The van der Waals surface area contributed by atoms with Crippen LogP contribution in [0.25, 0.3) is 21.8 Å². The highest BCUT2D eigenvalue weighted by Crippen LogP contribution is 2.37. The molecule has 5 rings (SSSR count). The van der Waals surface area contributed by atoms with Crippen molar-refractivity contribution in [3.8, 4) is 11.6 Å². The first kappa shape index (κ1) is 18.7. The minimum atomic E-state index is 0.298. The largest absolute Gasteiger partial charge is 0.437 e. The van der Waals surface area contributed by atoms with E-state index in [2.05, 4.69) is 25.1 Å². The van der Waals surface area contributed by atoms with Gasteiger partial charge in [0.05, 0.1) is 22.6 Å². The second-order valence-electron chi connectivity index (χ2n) is 7.34. The monoisotopic (exact) mass is 412 g/mol. The minimum absolute atomic E-state index is 0.298. The zero-order valence-corrected chi connectivity index (χ0v) is 17.3. The first-order valence-corrected chi connectivity index (χ1v) is 9.69. The summed E-state index contributed by atoms with van der Waals surface area (Å²) in [4.78, 5) is 19.6. The number of benzene rings is 1. The first-order chi connectivity index (χ1) is 15.0. The van der Waals surface area contributed by atoms with Crippen LogP contribution >= 0.6 is 0 Å². The molecule has 0 radical (unpaired) electrons. The smallest absolute Gasteiger partial charge is 0.234 e. The number of anilines is 3. The molecule has 4 aromatic heterocycles. The number of pyridine rings is 2. The number of aromatic nitrogens is 6. The molecule has 154 valence electrons. The summed E-state index contributed by atoms with van der Waals surface area (Å²) in [6.45, 7) is 3.96. The highest BCUT2D eigenvalue weighted by Gasteiger charge is 2.18. The van der Waals surface area contributed by atoms with Gasteiger partial charge in [-0.3, -0.25) is 5.10 Å². The van der Waals surface area contributed by atoms with E-state index in [1.165, 1.54) is 6.33 Å². The highest BCUT2D eigenvalue weighted by molar-refractivity contribution is 5.95. The van der Waals surface area contributed by atoms with E-state index < -0.39 is 0 Å². The Morgan fingerprint density at radius 3 is 2.68 bits per heavy atom. The van der Waals surface area contributed by atoms with Crippen LogP contribution in [0.15, 0.2) is 49.1 Å². The van der Waals surface area contributed by atoms with Gasteiger partial charge < -0.3 is 15.4 Å². The fraction of sp³-hybridized carbons (Fsp3) is 0.136. The maximum Gasteiger partial charge on any atom is 0.234 e. The quantitative estimate of drug-likeness (QED) is 0.454. The van der Waals surface area contributed by atoms with Gasteiger partial charge in [0, 0.05) is 19.3 Å². The predicted molar refractivity (Wildman–Crippen MR) is 120 cm³/mol. The van der Waals surface area contributed by atoms with Crippen LogP contribution in [0.3, 0.4) is 0 Å². The van der Waals surface area contributed by atoms with E-state index in [0.29, 0.717) is 34.2 Å². The SMILES string of the molecule is Cc1ccc(N(C)c2cc3ncnc(N)c3c(Oc3c(C)ccc4[nH]ncc34)n2)nc1. The third-order valence-corrected chi connectivity index (χ3v) is 5.16. The summed E-state index contributed by atoms with van der Waals surface area (Å²) in [5.74, 6) is 2.64. The number of ether oxygens (including phenoxy) is 1. The molecule has 0 saturated carbocycles. The normalized spacial score (nSPS) is 11.2. The number of H-pyrrole nitrogens is 1. The molecule has 0 saturated heterocycles. The lowest BCUT2D eigenvalue weighted by molar-refractivity contribution is 0.471. The van der Waals surface area contributed by atoms with E-state index in [0.717, 1.165) is 27.8 Å². The maximum absolute atomic E-state index is 6.34. The Labute approximate surface area is 177 Å². The molecule has 5 aromatic rings. The average molecular weight is 412 g/mol. The number of nitrogens with zero attached hydrogens (tertiary/aromatic N) is 6. The van der Waals surface area contributed by atoms with Crippen molar-refractivity contribution in [3.05, 3.63) is 60.2 Å². The van der Waals surface area contributed by atoms with Gasteiger partial charge in [0.2, 0.25) is 5.88 Å². The summed E-state index contributed by atoms with van der Waals surface area (Å²) in [5.41, 5.74) is 9.70. The Balaban J connectivity index is 1.68. The maximum atomic E-state index is 6.34. The van der Waals surface area contributed by atoms with Gasteiger partial charge >= 0.3 is 0 Å². The number of rotatable bonds is 4. The van der Waals surface area contributed by atoms with E-state index in [1.807, 2.05) is 62.3 Å². The second kappa shape index (κ2) is 7.21. The van der Waals surface area contributed by atoms with Gasteiger partial charge in [0.25, 0.3) is 0 Å². The zero-order valence-electron chi connectivity index (χ0n) is 17.3. The van der Waals surface area contributed by atoms with E-state index in [9.17, 15) is 0 Å². The summed E-state index contributed by atoms with van der Waals surface area (Å²) >= 11 is 0. The fourth-order valence-corrected chi connectivity index (χ4v) is 3.41. The Morgan fingerprint density at radius 1 is 1.00 bits per heavy atom. The molecule has 31 heavy (non-hydrogen) atoms. The molecule has 4 heterocycles. The van der Waals surface area contributed by atoms with Crippen molar-refractivity contribution in [2.24, 2.45) is 0 Å². The number of hydrogen-bond acceptors (Lipinski definition) is 8. The lowest BCUT2D eigenvalue weighted by atomic mass is 10.1. The second-order valence-corrected chi connectivity index (χ2v) is 7.34. The number of hydrogen-bond donors (Lipinski definition) is 2. The van der Waals surface area contributed by atoms with Crippen molar-refractivity contribution in [2.45, 2.75) is 13.8 Å². The minimum Gasteiger partial charge on any atom is -0.437 e. The van der Waals surface area contributed by atoms with Crippen LogP contribution in [0.1, 0.15) is 11.1 Å². The van der Waals surface area contributed by atoms with Gasteiger partial charge in [0.15, 0.2) is 0 Å². The van der Waals surface area contributed by atoms with Gasteiger partial charge in [0.1, 0.15) is 34.9 Å². The standard InChI is InChI=1S/C22H20N8O/c1-12-4-7-17(24-9-12)30(3)18-8-16-19(21(23)26-11-25-16)22(28-18)31-20-13(2)5-6-15-14(20)10-27-29-15/h4-11H,1-3H3,(H,27,29)(H2,23,25,26). The molecule has 0 aliphatic heterocycles. The summed E-state index contributed by atoms with van der Waals surface area (Å²) < 4.78 is 6.34. The number of aromatic amines is 1. The van der Waals surface area contributed by atoms with Crippen LogP contribution in [-0.2, 0) is 0 Å². The Morgan fingerprint density at radius 2 is 1.87 bits per heavy atom. The van der Waals surface area contributed by atoms with Crippen LogP contribution in [0.5, 0.6) is 11.6 Å². The molecule has 0 bridgehead atoms. The van der Waals surface area contributed by atoms with Gasteiger partial charge in [-0.05, 0) is 37.1 Å². The Hall–Kier alpha value is -4.27. The van der Waals surface area contributed by atoms with E-state index in [-0.39, 0.29) is 0 Å². The number of nitrogen functional groups attached to an aromatic ring is 1. The molecular weight excluding hydrogens is 392 g/mol. The third kappa shape index (κ3) is 3.25. The molecule has 0 fully saturated rings. The molecule has 9 nitrogen and oxygen atoms in total. The zero-order chi connectivity index (χ0) is 21.5.